The maximum absolute atomic E-state index is 5.45. The fraction of sp³-hybridized carbons (Fsp3) is 0.625. The SMILES string of the molecule is CC(NC(CN(C)C)C(C)C)c1ccc2c(c1)OCO2. The van der Waals surface area contributed by atoms with Crippen LogP contribution in [-0.4, -0.2) is 38.4 Å². The molecule has 4 nitrogen and oxygen atoms in total. The topological polar surface area (TPSA) is 33.7 Å². The number of ether oxygens (including phenoxy) is 2. The molecule has 2 unspecified atom stereocenters. The van der Waals surface area contributed by atoms with Crippen LogP contribution in [0.15, 0.2) is 18.2 Å². The van der Waals surface area contributed by atoms with Crippen LogP contribution in [0.2, 0.25) is 0 Å². The maximum atomic E-state index is 5.45. The zero-order valence-corrected chi connectivity index (χ0v) is 13.1. The summed E-state index contributed by atoms with van der Waals surface area (Å²) in [4.78, 5) is 2.23. The van der Waals surface area contributed by atoms with Gasteiger partial charge in [-0.2, -0.15) is 0 Å². The Morgan fingerprint density at radius 1 is 1.15 bits per heavy atom. The zero-order chi connectivity index (χ0) is 14.7. The second-order valence-corrected chi connectivity index (χ2v) is 6.11. The molecule has 2 atom stereocenters. The Labute approximate surface area is 122 Å². The number of hydrogen-bond donors (Lipinski definition) is 1. The molecule has 0 amide bonds. The van der Waals surface area contributed by atoms with Crippen molar-refractivity contribution in [2.75, 3.05) is 27.4 Å². The van der Waals surface area contributed by atoms with Crippen LogP contribution in [0, 0.1) is 5.92 Å². The predicted octanol–water partition coefficient (Wildman–Crippen LogP) is 2.65. The highest BCUT2D eigenvalue weighted by molar-refractivity contribution is 5.45. The third kappa shape index (κ3) is 3.64. The van der Waals surface area contributed by atoms with E-state index in [4.69, 9.17) is 9.47 Å². The van der Waals surface area contributed by atoms with Crippen molar-refractivity contribution in [1.29, 1.82) is 0 Å². The van der Waals surface area contributed by atoms with Gasteiger partial charge in [0.15, 0.2) is 11.5 Å². The van der Waals surface area contributed by atoms with E-state index in [2.05, 4.69) is 57.2 Å². The second-order valence-electron chi connectivity index (χ2n) is 6.11. The molecule has 20 heavy (non-hydrogen) atoms. The average molecular weight is 278 g/mol. The molecule has 1 aromatic rings. The standard InChI is InChI=1S/C16H26N2O2/c1-11(2)14(9-18(4)5)17-12(3)13-6-7-15-16(8-13)20-10-19-15/h6-8,11-12,14,17H,9-10H2,1-5H3. The summed E-state index contributed by atoms with van der Waals surface area (Å²) in [5.74, 6) is 2.29. The van der Waals surface area contributed by atoms with Gasteiger partial charge in [-0.25, -0.2) is 0 Å². The molecule has 0 saturated heterocycles. The van der Waals surface area contributed by atoms with Crippen molar-refractivity contribution in [3.63, 3.8) is 0 Å². The Kier molecular flexibility index (Phi) is 4.89. The number of hydrogen-bond acceptors (Lipinski definition) is 4. The first-order chi connectivity index (χ1) is 9.47. The van der Waals surface area contributed by atoms with Gasteiger partial charge in [0.05, 0.1) is 0 Å². The predicted molar refractivity (Wildman–Crippen MR) is 81.3 cm³/mol. The van der Waals surface area contributed by atoms with Gasteiger partial charge in [0.2, 0.25) is 6.79 Å². The minimum Gasteiger partial charge on any atom is -0.454 e. The van der Waals surface area contributed by atoms with Crippen molar-refractivity contribution < 1.29 is 9.47 Å². The van der Waals surface area contributed by atoms with Crippen LogP contribution in [0.1, 0.15) is 32.4 Å². The maximum Gasteiger partial charge on any atom is 0.231 e. The quantitative estimate of drug-likeness (QED) is 0.867. The van der Waals surface area contributed by atoms with Crippen LogP contribution in [0.5, 0.6) is 11.5 Å². The van der Waals surface area contributed by atoms with Gasteiger partial charge in [0, 0.05) is 18.6 Å². The molecule has 1 N–H and O–H groups in total. The molecule has 0 saturated carbocycles. The Morgan fingerprint density at radius 3 is 2.50 bits per heavy atom. The van der Waals surface area contributed by atoms with E-state index in [0.717, 1.165) is 18.0 Å². The molecule has 1 aromatic carbocycles. The van der Waals surface area contributed by atoms with Crippen molar-refractivity contribution in [3.8, 4) is 11.5 Å². The lowest BCUT2D eigenvalue weighted by atomic mass is 10.0. The smallest absolute Gasteiger partial charge is 0.231 e. The molecule has 0 spiro atoms. The van der Waals surface area contributed by atoms with Crippen LogP contribution in [0.25, 0.3) is 0 Å². The summed E-state index contributed by atoms with van der Waals surface area (Å²) < 4.78 is 10.8. The minimum atomic E-state index is 0.289. The Balaban J connectivity index is 2.04. The van der Waals surface area contributed by atoms with E-state index >= 15 is 0 Å². The number of benzene rings is 1. The van der Waals surface area contributed by atoms with Gasteiger partial charge in [0.25, 0.3) is 0 Å². The summed E-state index contributed by atoms with van der Waals surface area (Å²) in [5, 5.41) is 3.72. The first kappa shape index (κ1) is 15.1. The fourth-order valence-electron chi connectivity index (χ4n) is 2.45. The molecule has 0 aromatic heterocycles. The highest BCUT2D eigenvalue weighted by Gasteiger charge is 2.20. The van der Waals surface area contributed by atoms with Crippen molar-refractivity contribution in [3.05, 3.63) is 23.8 Å². The van der Waals surface area contributed by atoms with Gasteiger partial charge in [-0.05, 0) is 44.6 Å². The Morgan fingerprint density at radius 2 is 1.85 bits per heavy atom. The van der Waals surface area contributed by atoms with E-state index < -0.39 is 0 Å². The Hall–Kier alpha value is -1.26. The molecule has 0 aliphatic carbocycles. The molecule has 2 rings (SSSR count). The summed E-state index contributed by atoms with van der Waals surface area (Å²) in [6.45, 7) is 8.08. The van der Waals surface area contributed by atoms with Crippen LogP contribution in [0.3, 0.4) is 0 Å². The molecule has 0 radical (unpaired) electrons. The first-order valence-corrected chi connectivity index (χ1v) is 7.27. The molecule has 4 heteroatoms. The van der Waals surface area contributed by atoms with Crippen molar-refractivity contribution in [1.82, 2.24) is 10.2 Å². The summed E-state index contributed by atoms with van der Waals surface area (Å²) in [7, 11) is 4.23. The largest absolute Gasteiger partial charge is 0.454 e. The molecule has 1 heterocycles. The monoisotopic (exact) mass is 278 g/mol. The Bertz CT molecular complexity index is 446. The van der Waals surface area contributed by atoms with Gasteiger partial charge in [-0.1, -0.05) is 19.9 Å². The number of nitrogens with one attached hydrogen (secondary N) is 1. The molecular weight excluding hydrogens is 252 g/mol. The summed E-state index contributed by atoms with van der Waals surface area (Å²) in [6.07, 6.45) is 0. The van der Waals surface area contributed by atoms with Crippen molar-refractivity contribution in [2.24, 2.45) is 5.92 Å². The zero-order valence-electron chi connectivity index (χ0n) is 13.1. The van der Waals surface area contributed by atoms with Crippen LogP contribution < -0.4 is 14.8 Å². The summed E-state index contributed by atoms with van der Waals surface area (Å²) >= 11 is 0. The molecule has 112 valence electrons. The highest BCUT2D eigenvalue weighted by Crippen LogP contribution is 2.34. The third-order valence-corrected chi connectivity index (χ3v) is 3.73. The van der Waals surface area contributed by atoms with Gasteiger partial charge in [-0.15, -0.1) is 0 Å². The van der Waals surface area contributed by atoms with Gasteiger partial charge < -0.3 is 19.7 Å². The first-order valence-electron chi connectivity index (χ1n) is 7.27. The fourth-order valence-corrected chi connectivity index (χ4v) is 2.45. The van der Waals surface area contributed by atoms with E-state index in [0.29, 0.717) is 18.8 Å². The third-order valence-electron chi connectivity index (χ3n) is 3.73. The molecular formula is C16H26N2O2. The second kappa shape index (κ2) is 6.46. The van der Waals surface area contributed by atoms with Gasteiger partial charge >= 0.3 is 0 Å². The van der Waals surface area contributed by atoms with Gasteiger partial charge in [-0.3, -0.25) is 0 Å². The number of likely N-dealkylation sites (N-methyl/N-ethyl adjacent to an activating group) is 1. The van der Waals surface area contributed by atoms with Gasteiger partial charge in [0.1, 0.15) is 0 Å². The van der Waals surface area contributed by atoms with E-state index in [-0.39, 0.29) is 6.04 Å². The highest BCUT2D eigenvalue weighted by atomic mass is 16.7. The number of nitrogens with zero attached hydrogens (tertiary/aromatic N) is 1. The molecule has 0 bridgehead atoms. The van der Waals surface area contributed by atoms with E-state index in [1.165, 1.54) is 5.56 Å². The lowest BCUT2D eigenvalue weighted by Crippen LogP contribution is -2.43. The number of rotatable bonds is 6. The lowest BCUT2D eigenvalue weighted by molar-refractivity contribution is 0.174. The van der Waals surface area contributed by atoms with E-state index in [1.807, 2.05) is 6.07 Å². The van der Waals surface area contributed by atoms with Crippen LogP contribution in [-0.2, 0) is 0 Å². The summed E-state index contributed by atoms with van der Waals surface area (Å²) in [5.41, 5.74) is 1.23. The normalized spacial score (nSPS) is 16.8. The van der Waals surface area contributed by atoms with Crippen LogP contribution >= 0.6 is 0 Å². The lowest BCUT2D eigenvalue weighted by Gasteiger charge is -2.29. The minimum absolute atomic E-state index is 0.289. The molecule has 0 fully saturated rings. The molecule has 1 aliphatic rings. The number of fused-ring (bicyclic) bond motifs is 1. The van der Waals surface area contributed by atoms with Crippen molar-refractivity contribution >= 4 is 0 Å². The average Bonchev–Trinajstić information content (AvgIpc) is 2.84. The van der Waals surface area contributed by atoms with Crippen LogP contribution in [0.4, 0.5) is 0 Å². The summed E-state index contributed by atoms with van der Waals surface area (Å²) in [6, 6.07) is 6.93. The van der Waals surface area contributed by atoms with E-state index in [9.17, 15) is 0 Å². The van der Waals surface area contributed by atoms with Crippen molar-refractivity contribution in [2.45, 2.75) is 32.9 Å². The van der Waals surface area contributed by atoms with E-state index in [1.54, 1.807) is 0 Å². The molecule has 1 aliphatic heterocycles.